The third-order valence-corrected chi connectivity index (χ3v) is 3.56. The zero-order valence-electron chi connectivity index (χ0n) is 11.7. The Morgan fingerprint density at radius 2 is 2.35 bits per heavy atom. The summed E-state index contributed by atoms with van der Waals surface area (Å²) in [5.41, 5.74) is 1.95. The molecule has 1 aliphatic carbocycles. The minimum Gasteiger partial charge on any atom is -0.372 e. The van der Waals surface area contributed by atoms with E-state index in [1.54, 1.807) is 0 Å². The minimum atomic E-state index is 0.0697. The Morgan fingerprint density at radius 3 is 3.10 bits per heavy atom. The van der Waals surface area contributed by atoms with Gasteiger partial charge in [-0.3, -0.25) is 4.79 Å². The van der Waals surface area contributed by atoms with Crippen molar-refractivity contribution in [2.45, 2.75) is 32.4 Å². The fourth-order valence-corrected chi connectivity index (χ4v) is 2.36. The summed E-state index contributed by atoms with van der Waals surface area (Å²) in [6.07, 6.45) is 6.01. The van der Waals surface area contributed by atoms with Gasteiger partial charge in [-0.05, 0) is 31.9 Å². The number of hydrogen-bond acceptors (Lipinski definition) is 3. The van der Waals surface area contributed by atoms with Crippen molar-refractivity contribution in [3.63, 3.8) is 0 Å². The summed E-state index contributed by atoms with van der Waals surface area (Å²) in [5.74, 6) is 0.0697. The number of carbonyl (C=O) groups is 1. The van der Waals surface area contributed by atoms with Crippen LogP contribution in [-0.4, -0.2) is 39.4 Å². The molecule has 0 N–H and O–H groups in total. The van der Waals surface area contributed by atoms with E-state index in [0.29, 0.717) is 19.2 Å². The maximum absolute atomic E-state index is 12.2. The average molecular weight is 273 g/mol. The van der Waals surface area contributed by atoms with E-state index in [1.807, 2.05) is 46.8 Å². The first kappa shape index (κ1) is 13.1. The lowest BCUT2D eigenvalue weighted by molar-refractivity contribution is -0.137. The quantitative estimate of drug-likeness (QED) is 0.807. The second-order valence-electron chi connectivity index (χ2n) is 5.07. The number of pyridine rings is 1. The van der Waals surface area contributed by atoms with Crippen molar-refractivity contribution in [3.05, 3.63) is 36.3 Å². The molecule has 0 bridgehead atoms. The molecule has 0 saturated heterocycles. The Bertz CT molecular complexity index is 604. The first-order chi connectivity index (χ1) is 9.79. The molecular formula is C15H19N3O2. The molecule has 1 fully saturated rings. The highest BCUT2D eigenvalue weighted by atomic mass is 16.5. The highest BCUT2D eigenvalue weighted by molar-refractivity contribution is 5.78. The summed E-state index contributed by atoms with van der Waals surface area (Å²) < 4.78 is 7.28. The SMILES string of the molecule is CCOCC(=O)N(Cc1cnc2ccccn12)C1CC1. The van der Waals surface area contributed by atoms with Crippen molar-refractivity contribution in [2.75, 3.05) is 13.2 Å². The van der Waals surface area contributed by atoms with Crippen LogP contribution in [0.4, 0.5) is 0 Å². The number of carbonyl (C=O) groups excluding carboxylic acids is 1. The van der Waals surface area contributed by atoms with Crippen LogP contribution in [-0.2, 0) is 16.1 Å². The smallest absolute Gasteiger partial charge is 0.249 e. The molecular weight excluding hydrogens is 254 g/mol. The number of aromatic nitrogens is 2. The Labute approximate surface area is 118 Å². The zero-order valence-corrected chi connectivity index (χ0v) is 11.7. The molecule has 1 amide bonds. The third-order valence-electron chi connectivity index (χ3n) is 3.56. The molecule has 0 unspecified atom stereocenters. The van der Waals surface area contributed by atoms with Gasteiger partial charge in [0.25, 0.3) is 0 Å². The molecule has 2 aromatic rings. The summed E-state index contributed by atoms with van der Waals surface area (Å²) in [6.45, 7) is 3.24. The molecule has 5 nitrogen and oxygen atoms in total. The van der Waals surface area contributed by atoms with E-state index in [9.17, 15) is 4.79 Å². The normalized spacial score (nSPS) is 14.7. The van der Waals surface area contributed by atoms with Crippen molar-refractivity contribution in [2.24, 2.45) is 0 Å². The molecule has 0 aromatic carbocycles. The summed E-state index contributed by atoms with van der Waals surface area (Å²) in [7, 11) is 0. The molecule has 2 aromatic heterocycles. The predicted molar refractivity (Wildman–Crippen MR) is 75.3 cm³/mol. The summed E-state index contributed by atoms with van der Waals surface area (Å²) in [5, 5.41) is 0. The largest absolute Gasteiger partial charge is 0.372 e. The zero-order chi connectivity index (χ0) is 13.9. The maximum atomic E-state index is 12.2. The number of rotatable bonds is 6. The van der Waals surface area contributed by atoms with Gasteiger partial charge in [-0.1, -0.05) is 6.07 Å². The Kier molecular flexibility index (Phi) is 3.69. The lowest BCUT2D eigenvalue weighted by Gasteiger charge is -2.22. The highest BCUT2D eigenvalue weighted by Crippen LogP contribution is 2.28. The van der Waals surface area contributed by atoms with E-state index in [2.05, 4.69) is 4.98 Å². The maximum Gasteiger partial charge on any atom is 0.249 e. The van der Waals surface area contributed by atoms with Crippen LogP contribution in [0.25, 0.3) is 5.65 Å². The lowest BCUT2D eigenvalue weighted by Crippen LogP contribution is -2.35. The monoisotopic (exact) mass is 273 g/mol. The van der Waals surface area contributed by atoms with Gasteiger partial charge in [0.2, 0.25) is 5.91 Å². The van der Waals surface area contributed by atoms with Crippen LogP contribution in [0.3, 0.4) is 0 Å². The van der Waals surface area contributed by atoms with Crippen LogP contribution >= 0.6 is 0 Å². The number of fused-ring (bicyclic) bond motifs is 1. The van der Waals surface area contributed by atoms with Crippen molar-refractivity contribution in [3.8, 4) is 0 Å². The van der Waals surface area contributed by atoms with Gasteiger partial charge in [0.1, 0.15) is 12.3 Å². The van der Waals surface area contributed by atoms with Crippen molar-refractivity contribution < 1.29 is 9.53 Å². The molecule has 20 heavy (non-hydrogen) atoms. The summed E-state index contributed by atoms with van der Waals surface area (Å²) in [6, 6.07) is 6.27. The fraction of sp³-hybridized carbons (Fsp3) is 0.467. The van der Waals surface area contributed by atoms with E-state index < -0.39 is 0 Å². The van der Waals surface area contributed by atoms with Gasteiger partial charge in [-0.15, -0.1) is 0 Å². The van der Waals surface area contributed by atoms with Gasteiger partial charge in [-0.2, -0.15) is 0 Å². The predicted octanol–water partition coefficient (Wildman–Crippen LogP) is 1.86. The fourth-order valence-electron chi connectivity index (χ4n) is 2.36. The van der Waals surface area contributed by atoms with E-state index in [0.717, 1.165) is 24.2 Å². The molecule has 0 radical (unpaired) electrons. The van der Waals surface area contributed by atoms with Crippen molar-refractivity contribution >= 4 is 11.6 Å². The summed E-state index contributed by atoms with van der Waals surface area (Å²) >= 11 is 0. The van der Waals surface area contributed by atoms with E-state index >= 15 is 0 Å². The standard InChI is InChI=1S/C15H19N3O2/c1-2-20-11-15(19)18(12-6-7-12)10-13-9-16-14-5-3-4-8-17(13)14/h3-5,8-9,12H,2,6-7,10-11H2,1H3. The summed E-state index contributed by atoms with van der Waals surface area (Å²) in [4.78, 5) is 18.5. The van der Waals surface area contributed by atoms with Crippen LogP contribution in [0.5, 0.6) is 0 Å². The molecule has 1 aliphatic rings. The van der Waals surface area contributed by atoms with E-state index in [4.69, 9.17) is 4.74 Å². The molecule has 1 saturated carbocycles. The first-order valence-electron chi connectivity index (χ1n) is 7.07. The molecule has 5 heteroatoms. The number of amides is 1. The van der Waals surface area contributed by atoms with Crippen LogP contribution < -0.4 is 0 Å². The van der Waals surface area contributed by atoms with Gasteiger partial charge < -0.3 is 14.0 Å². The Balaban J connectivity index is 1.77. The molecule has 0 aliphatic heterocycles. The highest BCUT2D eigenvalue weighted by Gasteiger charge is 2.32. The van der Waals surface area contributed by atoms with E-state index in [-0.39, 0.29) is 12.5 Å². The number of imidazole rings is 1. The Hall–Kier alpha value is -1.88. The van der Waals surface area contributed by atoms with Crippen LogP contribution in [0.2, 0.25) is 0 Å². The third kappa shape index (κ3) is 2.67. The topological polar surface area (TPSA) is 46.8 Å². The second kappa shape index (κ2) is 5.63. The van der Waals surface area contributed by atoms with Gasteiger partial charge in [0.05, 0.1) is 18.4 Å². The van der Waals surface area contributed by atoms with Crippen LogP contribution in [0, 0.1) is 0 Å². The lowest BCUT2D eigenvalue weighted by atomic mass is 10.3. The average Bonchev–Trinajstić information content (AvgIpc) is 3.23. The second-order valence-corrected chi connectivity index (χ2v) is 5.07. The minimum absolute atomic E-state index is 0.0697. The molecule has 3 rings (SSSR count). The van der Waals surface area contributed by atoms with Gasteiger partial charge in [-0.25, -0.2) is 4.98 Å². The number of nitrogens with zero attached hydrogens (tertiary/aromatic N) is 3. The first-order valence-corrected chi connectivity index (χ1v) is 7.07. The van der Waals surface area contributed by atoms with Crippen LogP contribution in [0.15, 0.2) is 30.6 Å². The van der Waals surface area contributed by atoms with Gasteiger partial charge in [0.15, 0.2) is 0 Å². The van der Waals surface area contributed by atoms with Gasteiger partial charge >= 0.3 is 0 Å². The van der Waals surface area contributed by atoms with Crippen molar-refractivity contribution in [1.29, 1.82) is 0 Å². The molecule has 2 heterocycles. The van der Waals surface area contributed by atoms with Gasteiger partial charge in [0, 0.05) is 18.8 Å². The molecule has 0 spiro atoms. The number of hydrogen-bond donors (Lipinski definition) is 0. The van der Waals surface area contributed by atoms with E-state index in [1.165, 1.54) is 0 Å². The Morgan fingerprint density at radius 1 is 1.50 bits per heavy atom. The molecule has 106 valence electrons. The van der Waals surface area contributed by atoms with Crippen molar-refractivity contribution in [1.82, 2.24) is 14.3 Å². The van der Waals surface area contributed by atoms with Crippen LogP contribution in [0.1, 0.15) is 25.5 Å². The number of ether oxygens (including phenoxy) is 1. The molecule has 0 atom stereocenters.